The van der Waals surface area contributed by atoms with Gasteiger partial charge in [0.2, 0.25) is 0 Å². The number of phenolic OH excluding ortho intramolecular Hbond substituents is 1. The summed E-state index contributed by atoms with van der Waals surface area (Å²) in [5.41, 5.74) is 5.36. The van der Waals surface area contributed by atoms with E-state index >= 15 is 0 Å². The highest BCUT2D eigenvalue weighted by Gasteiger charge is 2.02. The highest BCUT2D eigenvalue weighted by molar-refractivity contribution is 5.47. The van der Waals surface area contributed by atoms with Gasteiger partial charge in [0.05, 0.1) is 40.6 Å². The van der Waals surface area contributed by atoms with Crippen molar-refractivity contribution in [2.75, 3.05) is 33.2 Å². The molecule has 4 rings (SSSR count). The second kappa shape index (κ2) is 20.4. The Morgan fingerprint density at radius 2 is 1.24 bits per heavy atom. The molecule has 8 nitrogen and oxygen atoms in total. The molecule has 0 atom stereocenters. The second-order valence-electron chi connectivity index (χ2n) is 8.88. The van der Waals surface area contributed by atoms with Gasteiger partial charge in [0.1, 0.15) is 17.2 Å². The number of phenols is 1. The first-order valence-electron chi connectivity index (χ1n) is 13.0. The predicted molar refractivity (Wildman–Crippen MR) is 166 cm³/mol. The maximum absolute atomic E-state index is 8.93. The Labute approximate surface area is 248 Å². The Bertz CT molecular complexity index is 1330. The molecule has 0 unspecified atom stereocenters. The lowest BCUT2D eigenvalue weighted by molar-refractivity contribution is 0.272. The molecule has 0 aliphatic heterocycles. The van der Waals surface area contributed by atoms with Crippen LogP contribution in [-0.2, 0) is 26.4 Å². The highest BCUT2D eigenvalue weighted by Crippen LogP contribution is 2.23. The van der Waals surface area contributed by atoms with Crippen LogP contribution in [0.3, 0.4) is 0 Å². The first-order valence-corrected chi connectivity index (χ1v) is 13.0. The van der Waals surface area contributed by atoms with E-state index in [-0.39, 0.29) is 32.2 Å². The van der Waals surface area contributed by atoms with Gasteiger partial charge in [0.15, 0.2) is 0 Å². The van der Waals surface area contributed by atoms with Crippen LogP contribution in [0.4, 0.5) is 5.69 Å². The first kappa shape index (κ1) is 35.5. The van der Waals surface area contributed by atoms with Crippen LogP contribution in [0, 0.1) is 12.3 Å². The van der Waals surface area contributed by atoms with Gasteiger partial charge in [-0.25, -0.2) is 0 Å². The van der Waals surface area contributed by atoms with E-state index in [0.29, 0.717) is 5.75 Å². The van der Waals surface area contributed by atoms with Crippen molar-refractivity contribution in [1.82, 2.24) is 0 Å². The molecule has 0 spiro atoms. The zero-order valence-corrected chi connectivity index (χ0v) is 24.6. The predicted octanol–water partition coefficient (Wildman–Crippen LogP) is 4.49. The van der Waals surface area contributed by atoms with E-state index < -0.39 is 0 Å². The van der Waals surface area contributed by atoms with Crippen LogP contribution in [0.2, 0.25) is 0 Å². The minimum absolute atomic E-state index is 0.0281. The van der Waals surface area contributed by atoms with Crippen LogP contribution in [0.5, 0.6) is 17.2 Å². The Morgan fingerprint density at radius 3 is 1.69 bits per heavy atom. The standard InChI is InChI=1S/C9H13NO.C9H12O3.C9H8O.C7H8O2/c1-10(2)9-5-3-4-8(6-9)7-11;1-11-8-3-4-9(12-2)7(5-8)6-10;1-2-8-3-5-9(7-10)6-4-8;8-5-6-1-3-7(9)4-2-6/h3-6,11H,7H2,1-2H3;3-5,10H,6H2,1-2H3;1,3-6,10H,7H2;1-4,8-9H,5H2. The van der Waals surface area contributed by atoms with Gasteiger partial charge >= 0.3 is 0 Å². The third kappa shape index (κ3) is 13.2. The summed E-state index contributed by atoms with van der Waals surface area (Å²) in [6.07, 6.45) is 5.13. The number of ether oxygens (including phenoxy) is 2. The zero-order chi connectivity index (χ0) is 31.3. The Balaban J connectivity index is 0.000000281. The van der Waals surface area contributed by atoms with Crippen molar-refractivity contribution >= 4 is 5.69 Å². The number of benzene rings is 4. The molecular weight excluding hydrogens is 534 g/mol. The van der Waals surface area contributed by atoms with Crippen molar-refractivity contribution in [3.05, 3.63) is 119 Å². The van der Waals surface area contributed by atoms with Crippen molar-refractivity contribution in [2.24, 2.45) is 0 Å². The lowest BCUT2D eigenvalue weighted by atomic mass is 10.1. The molecule has 0 amide bonds. The van der Waals surface area contributed by atoms with Gasteiger partial charge in [-0.3, -0.25) is 0 Å². The van der Waals surface area contributed by atoms with Crippen LogP contribution < -0.4 is 14.4 Å². The summed E-state index contributed by atoms with van der Waals surface area (Å²) >= 11 is 0. The second-order valence-corrected chi connectivity index (χ2v) is 8.88. The van der Waals surface area contributed by atoms with Gasteiger partial charge in [0.25, 0.3) is 0 Å². The molecule has 42 heavy (non-hydrogen) atoms. The van der Waals surface area contributed by atoms with E-state index in [1.54, 1.807) is 56.7 Å². The summed E-state index contributed by atoms with van der Waals surface area (Å²) in [5, 5.41) is 43.7. The van der Waals surface area contributed by atoms with E-state index in [1.807, 2.05) is 67.5 Å². The molecule has 8 heteroatoms. The number of rotatable bonds is 7. The fraction of sp³-hybridized carbons (Fsp3) is 0.235. The van der Waals surface area contributed by atoms with Gasteiger partial charge in [-0.2, -0.15) is 0 Å². The number of aliphatic hydroxyl groups excluding tert-OH is 4. The number of methoxy groups -OCH3 is 2. The van der Waals surface area contributed by atoms with Crippen molar-refractivity contribution in [2.45, 2.75) is 26.4 Å². The molecule has 0 saturated carbocycles. The summed E-state index contributed by atoms with van der Waals surface area (Å²) in [4.78, 5) is 2.01. The molecule has 5 N–H and O–H groups in total. The number of aromatic hydroxyl groups is 1. The molecule has 0 saturated heterocycles. The quantitative estimate of drug-likeness (QED) is 0.205. The molecule has 0 heterocycles. The fourth-order valence-electron chi connectivity index (χ4n) is 3.25. The maximum Gasteiger partial charge on any atom is 0.124 e. The Kier molecular flexibility index (Phi) is 17.2. The van der Waals surface area contributed by atoms with E-state index in [2.05, 4.69) is 5.92 Å². The topological polar surface area (TPSA) is 123 Å². The summed E-state index contributed by atoms with van der Waals surface area (Å²) in [7, 11) is 7.12. The third-order valence-corrected chi connectivity index (χ3v) is 5.69. The van der Waals surface area contributed by atoms with Crippen LogP contribution in [0.15, 0.2) is 91.0 Å². The lowest BCUT2D eigenvalue weighted by Crippen LogP contribution is -2.08. The molecule has 0 aliphatic carbocycles. The molecule has 0 bridgehead atoms. The van der Waals surface area contributed by atoms with Crippen molar-refractivity contribution in [3.8, 4) is 29.6 Å². The lowest BCUT2D eigenvalue weighted by Gasteiger charge is -2.12. The van der Waals surface area contributed by atoms with Crippen LogP contribution in [-0.4, -0.2) is 53.8 Å². The molecule has 224 valence electrons. The average molecular weight is 576 g/mol. The van der Waals surface area contributed by atoms with E-state index in [9.17, 15) is 0 Å². The Morgan fingerprint density at radius 1 is 0.667 bits per heavy atom. The van der Waals surface area contributed by atoms with Gasteiger partial charge in [-0.1, -0.05) is 42.3 Å². The number of nitrogens with zero attached hydrogens (tertiary/aromatic N) is 1. The summed E-state index contributed by atoms with van der Waals surface area (Å²) in [6.45, 7) is 0.174. The van der Waals surface area contributed by atoms with E-state index in [4.69, 9.17) is 41.4 Å². The van der Waals surface area contributed by atoms with Crippen molar-refractivity contribution in [1.29, 1.82) is 0 Å². The average Bonchev–Trinajstić information content (AvgIpc) is 3.05. The normalized spacial score (nSPS) is 9.40. The Hall–Kier alpha value is -4.52. The van der Waals surface area contributed by atoms with Gasteiger partial charge in [-0.05, 0) is 71.3 Å². The molecule has 4 aromatic rings. The number of terminal acetylenes is 1. The summed E-state index contributed by atoms with van der Waals surface area (Å²) < 4.78 is 10.0. The molecule has 0 radical (unpaired) electrons. The molecule has 4 aromatic carbocycles. The largest absolute Gasteiger partial charge is 0.508 e. The summed E-state index contributed by atoms with van der Waals surface area (Å²) in [5.74, 6) is 4.13. The van der Waals surface area contributed by atoms with Crippen molar-refractivity contribution < 1.29 is 35.0 Å². The number of hydrogen-bond acceptors (Lipinski definition) is 8. The maximum atomic E-state index is 8.93. The van der Waals surface area contributed by atoms with Crippen LogP contribution in [0.25, 0.3) is 0 Å². The minimum atomic E-state index is -0.0413. The number of anilines is 1. The molecule has 0 aromatic heterocycles. The monoisotopic (exact) mass is 575 g/mol. The van der Waals surface area contributed by atoms with Crippen molar-refractivity contribution in [3.63, 3.8) is 0 Å². The van der Waals surface area contributed by atoms with Gasteiger partial charge in [0, 0.05) is 30.9 Å². The van der Waals surface area contributed by atoms with Crippen LogP contribution >= 0.6 is 0 Å². The fourth-order valence-corrected chi connectivity index (χ4v) is 3.25. The SMILES string of the molecule is C#Cc1ccc(CO)cc1.CN(C)c1cccc(CO)c1.COc1ccc(OC)c(CO)c1.OCc1ccc(O)cc1. The summed E-state index contributed by atoms with van der Waals surface area (Å²) in [6, 6.07) is 26.8. The molecular formula is C34H41NO7. The molecule has 0 aliphatic rings. The zero-order valence-electron chi connectivity index (χ0n) is 24.6. The third-order valence-electron chi connectivity index (χ3n) is 5.69. The molecule has 0 fully saturated rings. The highest BCUT2D eigenvalue weighted by atomic mass is 16.5. The smallest absolute Gasteiger partial charge is 0.124 e. The number of aliphatic hydroxyl groups is 4. The first-order chi connectivity index (χ1) is 20.2. The number of hydrogen-bond donors (Lipinski definition) is 5. The van der Waals surface area contributed by atoms with Crippen LogP contribution in [0.1, 0.15) is 27.8 Å². The minimum Gasteiger partial charge on any atom is -0.508 e. The van der Waals surface area contributed by atoms with E-state index in [1.165, 1.54) is 0 Å². The van der Waals surface area contributed by atoms with Gasteiger partial charge < -0.3 is 39.9 Å². The van der Waals surface area contributed by atoms with E-state index in [0.717, 1.165) is 39.3 Å². The van der Waals surface area contributed by atoms with Gasteiger partial charge in [-0.15, -0.1) is 6.42 Å².